The van der Waals surface area contributed by atoms with Gasteiger partial charge in [0.1, 0.15) is 0 Å². The van der Waals surface area contributed by atoms with Crippen molar-refractivity contribution in [2.45, 2.75) is 35.6 Å². The Bertz CT molecular complexity index is 678. The monoisotopic (exact) mass is 304 g/mol. The van der Waals surface area contributed by atoms with Crippen LogP contribution in [-0.4, -0.2) is 33.7 Å². The third-order valence-corrected chi connectivity index (χ3v) is 5.94. The number of sulfonamides is 2. The zero-order valence-electron chi connectivity index (χ0n) is 10.5. The highest BCUT2D eigenvalue weighted by atomic mass is 32.2. The SMILES string of the molecule is CCN(C1CC1)S(=O)(=O)c1cccc(S(N)(=O)=O)c1. The molecule has 0 unspecified atom stereocenters. The molecular weight excluding hydrogens is 288 g/mol. The highest BCUT2D eigenvalue weighted by molar-refractivity contribution is 7.90. The van der Waals surface area contributed by atoms with Gasteiger partial charge < -0.3 is 0 Å². The van der Waals surface area contributed by atoms with Crippen molar-refractivity contribution in [3.8, 4) is 0 Å². The summed E-state index contributed by atoms with van der Waals surface area (Å²) in [6.07, 6.45) is 1.70. The predicted octanol–water partition coefficient (Wildman–Crippen LogP) is 0.507. The van der Waals surface area contributed by atoms with E-state index in [0.29, 0.717) is 6.54 Å². The molecule has 0 bridgehead atoms. The van der Waals surface area contributed by atoms with Gasteiger partial charge >= 0.3 is 0 Å². The molecule has 106 valence electrons. The van der Waals surface area contributed by atoms with Crippen molar-refractivity contribution in [2.75, 3.05) is 6.54 Å². The van der Waals surface area contributed by atoms with Crippen molar-refractivity contribution in [2.24, 2.45) is 5.14 Å². The molecule has 0 amide bonds. The second kappa shape index (κ2) is 4.86. The molecule has 1 aliphatic rings. The molecule has 6 nitrogen and oxygen atoms in total. The number of hydrogen-bond donors (Lipinski definition) is 1. The maximum atomic E-state index is 12.4. The summed E-state index contributed by atoms with van der Waals surface area (Å²) in [4.78, 5) is -0.229. The number of benzene rings is 1. The van der Waals surface area contributed by atoms with E-state index in [4.69, 9.17) is 5.14 Å². The average Bonchev–Trinajstić information content (AvgIpc) is 3.13. The van der Waals surface area contributed by atoms with Gasteiger partial charge in [0, 0.05) is 12.6 Å². The first-order chi connectivity index (χ1) is 8.76. The van der Waals surface area contributed by atoms with Crippen LogP contribution in [0.3, 0.4) is 0 Å². The quantitative estimate of drug-likeness (QED) is 0.856. The lowest BCUT2D eigenvalue weighted by Crippen LogP contribution is -2.33. The average molecular weight is 304 g/mol. The molecule has 0 aliphatic heterocycles. The van der Waals surface area contributed by atoms with Gasteiger partial charge in [0.15, 0.2) is 0 Å². The molecule has 1 aliphatic carbocycles. The molecule has 1 aromatic carbocycles. The molecule has 0 atom stereocenters. The lowest BCUT2D eigenvalue weighted by Gasteiger charge is -2.20. The molecule has 1 fully saturated rings. The van der Waals surface area contributed by atoms with Gasteiger partial charge in [-0.05, 0) is 31.0 Å². The van der Waals surface area contributed by atoms with E-state index in [1.807, 2.05) is 0 Å². The van der Waals surface area contributed by atoms with Crippen LogP contribution in [0.1, 0.15) is 19.8 Å². The molecule has 2 rings (SSSR count). The Balaban J connectivity index is 2.46. The van der Waals surface area contributed by atoms with Crippen molar-refractivity contribution >= 4 is 20.0 Å². The second-order valence-corrected chi connectivity index (χ2v) is 7.91. The van der Waals surface area contributed by atoms with Gasteiger partial charge in [-0.15, -0.1) is 0 Å². The van der Waals surface area contributed by atoms with Gasteiger partial charge in [0.2, 0.25) is 20.0 Å². The second-order valence-electron chi connectivity index (χ2n) is 4.46. The van der Waals surface area contributed by atoms with E-state index < -0.39 is 20.0 Å². The first-order valence-corrected chi connectivity index (χ1v) is 8.90. The first-order valence-electron chi connectivity index (χ1n) is 5.91. The van der Waals surface area contributed by atoms with Crippen LogP contribution < -0.4 is 5.14 Å². The van der Waals surface area contributed by atoms with Crippen LogP contribution in [0.15, 0.2) is 34.1 Å². The number of hydrogen-bond acceptors (Lipinski definition) is 4. The fourth-order valence-electron chi connectivity index (χ4n) is 1.93. The van der Waals surface area contributed by atoms with Crippen LogP contribution in [0, 0.1) is 0 Å². The summed E-state index contributed by atoms with van der Waals surface area (Å²) in [5.74, 6) is 0. The van der Waals surface area contributed by atoms with Gasteiger partial charge in [-0.3, -0.25) is 0 Å². The van der Waals surface area contributed by atoms with Crippen LogP contribution in [-0.2, 0) is 20.0 Å². The topological polar surface area (TPSA) is 97.5 Å². The minimum Gasteiger partial charge on any atom is -0.225 e. The van der Waals surface area contributed by atoms with Crippen molar-refractivity contribution in [1.29, 1.82) is 0 Å². The molecule has 1 saturated carbocycles. The third-order valence-electron chi connectivity index (χ3n) is 3.01. The molecule has 19 heavy (non-hydrogen) atoms. The first kappa shape index (κ1) is 14.4. The number of primary sulfonamides is 1. The van der Waals surface area contributed by atoms with E-state index in [2.05, 4.69) is 0 Å². The van der Waals surface area contributed by atoms with E-state index >= 15 is 0 Å². The largest absolute Gasteiger partial charge is 0.243 e. The molecule has 8 heteroatoms. The van der Waals surface area contributed by atoms with Crippen LogP contribution in [0.4, 0.5) is 0 Å². The molecule has 0 heterocycles. The molecular formula is C11H16N2O4S2. The molecule has 0 aromatic heterocycles. The Morgan fingerprint density at radius 2 is 1.79 bits per heavy atom. The number of rotatable bonds is 5. The minimum atomic E-state index is -3.91. The summed E-state index contributed by atoms with van der Waals surface area (Å²) in [5.41, 5.74) is 0. The Hall–Kier alpha value is -0.960. The molecule has 2 N–H and O–H groups in total. The summed E-state index contributed by atoms with van der Waals surface area (Å²) >= 11 is 0. The molecule has 1 aromatic rings. The zero-order valence-corrected chi connectivity index (χ0v) is 12.1. The van der Waals surface area contributed by atoms with Gasteiger partial charge in [-0.2, -0.15) is 4.31 Å². The number of nitrogens with zero attached hydrogens (tertiary/aromatic N) is 1. The summed E-state index contributed by atoms with van der Waals surface area (Å²) in [5, 5.41) is 5.01. The maximum Gasteiger partial charge on any atom is 0.243 e. The summed E-state index contributed by atoms with van der Waals surface area (Å²) in [7, 11) is -7.56. The van der Waals surface area contributed by atoms with Crippen LogP contribution in [0.5, 0.6) is 0 Å². The molecule has 0 spiro atoms. The van der Waals surface area contributed by atoms with Gasteiger partial charge in [-0.25, -0.2) is 22.0 Å². The Morgan fingerprint density at radius 3 is 2.26 bits per heavy atom. The smallest absolute Gasteiger partial charge is 0.225 e. The van der Waals surface area contributed by atoms with Gasteiger partial charge in [0.05, 0.1) is 9.79 Å². The lowest BCUT2D eigenvalue weighted by molar-refractivity contribution is 0.421. The Labute approximate surface area is 113 Å². The summed E-state index contributed by atoms with van der Waals surface area (Å²) in [6.45, 7) is 2.13. The fourth-order valence-corrected chi connectivity index (χ4v) is 4.31. The van der Waals surface area contributed by atoms with E-state index in [-0.39, 0.29) is 15.8 Å². The Morgan fingerprint density at radius 1 is 1.21 bits per heavy atom. The number of nitrogens with two attached hydrogens (primary N) is 1. The van der Waals surface area contributed by atoms with Crippen LogP contribution >= 0.6 is 0 Å². The van der Waals surface area contributed by atoms with Crippen LogP contribution in [0.2, 0.25) is 0 Å². The van der Waals surface area contributed by atoms with Crippen molar-refractivity contribution in [3.63, 3.8) is 0 Å². The van der Waals surface area contributed by atoms with Crippen molar-refractivity contribution in [1.82, 2.24) is 4.31 Å². The van der Waals surface area contributed by atoms with Crippen LogP contribution in [0.25, 0.3) is 0 Å². The summed E-state index contributed by atoms with van der Waals surface area (Å²) < 4.78 is 48.8. The van der Waals surface area contributed by atoms with Gasteiger partial charge in [-0.1, -0.05) is 13.0 Å². The Kier molecular flexibility index (Phi) is 3.69. The third kappa shape index (κ3) is 2.97. The molecule has 0 saturated heterocycles. The minimum absolute atomic E-state index is 0.0345. The fraction of sp³-hybridized carbons (Fsp3) is 0.455. The normalized spacial score (nSPS) is 16.8. The highest BCUT2D eigenvalue weighted by Gasteiger charge is 2.37. The molecule has 0 radical (unpaired) electrons. The van der Waals surface area contributed by atoms with Gasteiger partial charge in [0.25, 0.3) is 0 Å². The lowest BCUT2D eigenvalue weighted by atomic mass is 10.4. The zero-order chi connectivity index (χ0) is 14.3. The highest BCUT2D eigenvalue weighted by Crippen LogP contribution is 2.32. The van der Waals surface area contributed by atoms with E-state index in [1.165, 1.54) is 22.5 Å². The predicted molar refractivity (Wildman–Crippen MR) is 70.4 cm³/mol. The van der Waals surface area contributed by atoms with Crippen molar-refractivity contribution < 1.29 is 16.8 Å². The van der Waals surface area contributed by atoms with E-state index in [0.717, 1.165) is 18.9 Å². The standard InChI is InChI=1S/C11H16N2O4S2/c1-2-13(9-6-7-9)19(16,17)11-5-3-4-10(8-11)18(12,14)15/h3-5,8-9H,2,6-7H2,1H3,(H2,12,14,15). The van der Waals surface area contributed by atoms with Crippen molar-refractivity contribution in [3.05, 3.63) is 24.3 Å². The maximum absolute atomic E-state index is 12.4. The van der Waals surface area contributed by atoms with E-state index in [9.17, 15) is 16.8 Å². The van der Waals surface area contributed by atoms with E-state index in [1.54, 1.807) is 6.92 Å². The summed E-state index contributed by atoms with van der Waals surface area (Å²) in [6, 6.07) is 5.19.